The molecular formula is C19H32N2O2. The maximum absolute atomic E-state index is 12.4. The first-order chi connectivity index (χ1) is 11.0. The normalized spacial score (nSPS) is 26.7. The number of rotatable bonds is 8. The number of ketones is 1. The Morgan fingerprint density at radius 3 is 2.74 bits per heavy atom. The smallest absolute Gasteiger partial charge is 0.320 e. The molecule has 2 amide bonds. The molecule has 0 radical (unpaired) electrons. The van der Waals surface area contributed by atoms with E-state index in [2.05, 4.69) is 19.1 Å². The molecule has 4 heteroatoms. The van der Waals surface area contributed by atoms with Gasteiger partial charge in [-0.2, -0.15) is 0 Å². The van der Waals surface area contributed by atoms with Crippen LogP contribution in [0.1, 0.15) is 58.8 Å². The number of urea groups is 1. The summed E-state index contributed by atoms with van der Waals surface area (Å²) in [5.41, 5.74) is 0. The number of unbranched alkanes of at least 4 members (excludes halogenated alkanes) is 2. The van der Waals surface area contributed by atoms with Crippen LogP contribution in [0.2, 0.25) is 0 Å². The van der Waals surface area contributed by atoms with Gasteiger partial charge in [-0.15, -0.1) is 0 Å². The number of hydrogen-bond donors (Lipinski definition) is 0. The molecule has 2 fully saturated rings. The van der Waals surface area contributed by atoms with Crippen LogP contribution in [-0.2, 0) is 4.79 Å². The largest absolute Gasteiger partial charge is 0.328 e. The van der Waals surface area contributed by atoms with E-state index in [9.17, 15) is 9.59 Å². The van der Waals surface area contributed by atoms with Crippen LogP contribution in [0, 0.1) is 11.8 Å². The summed E-state index contributed by atoms with van der Waals surface area (Å²) in [6, 6.07) is -0.181. The Bertz CT molecular complexity index is 447. The lowest BCUT2D eigenvalue weighted by atomic mass is 10.1. The summed E-state index contributed by atoms with van der Waals surface area (Å²) in [6.45, 7) is 5.35. The molecular weight excluding hydrogens is 288 g/mol. The SMILES string of the molecule is CCC1C[C@H]1/C=C\CCCCN(C)C(=O)N1CCCC1C(C)=O. The summed E-state index contributed by atoms with van der Waals surface area (Å²) >= 11 is 0. The van der Waals surface area contributed by atoms with Crippen molar-refractivity contribution in [3.05, 3.63) is 12.2 Å². The molecule has 0 aromatic carbocycles. The number of carbonyl (C=O) groups excluding carboxylic acids is 2. The third-order valence-corrected chi connectivity index (χ3v) is 5.29. The van der Waals surface area contributed by atoms with Crippen molar-refractivity contribution in [3.63, 3.8) is 0 Å². The zero-order valence-corrected chi connectivity index (χ0v) is 15.0. The molecule has 2 aliphatic rings. The molecule has 2 rings (SSSR count). The van der Waals surface area contributed by atoms with Crippen LogP contribution < -0.4 is 0 Å². The number of amides is 2. The quantitative estimate of drug-likeness (QED) is 0.503. The van der Waals surface area contributed by atoms with Gasteiger partial charge in [0.2, 0.25) is 0 Å². The Morgan fingerprint density at radius 1 is 1.30 bits per heavy atom. The van der Waals surface area contributed by atoms with Gasteiger partial charge in [-0.1, -0.05) is 25.5 Å². The van der Waals surface area contributed by atoms with E-state index in [1.807, 2.05) is 7.05 Å². The summed E-state index contributed by atoms with van der Waals surface area (Å²) in [6.07, 6.45) is 12.4. The van der Waals surface area contributed by atoms with Crippen LogP contribution in [0.3, 0.4) is 0 Å². The van der Waals surface area contributed by atoms with E-state index < -0.39 is 0 Å². The second-order valence-electron chi connectivity index (χ2n) is 7.16. The first-order valence-corrected chi connectivity index (χ1v) is 9.23. The monoisotopic (exact) mass is 320 g/mol. The number of nitrogens with zero attached hydrogens (tertiary/aromatic N) is 2. The molecule has 130 valence electrons. The maximum atomic E-state index is 12.4. The Kier molecular flexibility index (Phi) is 6.67. The average molecular weight is 320 g/mol. The number of allylic oxidation sites excluding steroid dienone is 2. The van der Waals surface area contributed by atoms with E-state index in [1.165, 1.54) is 12.8 Å². The van der Waals surface area contributed by atoms with Crippen molar-refractivity contribution in [2.75, 3.05) is 20.1 Å². The van der Waals surface area contributed by atoms with Crippen LogP contribution in [0.5, 0.6) is 0 Å². The van der Waals surface area contributed by atoms with Crippen LogP contribution in [0.15, 0.2) is 12.2 Å². The molecule has 1 heterocycles. The number of carbonyl (C=O) groups is 2. The molecule has 4 nitrogen and oxygen atoms in total. The minimum absolute atomic E-state index is 0.0158. The van der Waals surface area contributed by atoms with Gasteiger partial charge in [0.1, 0.15) is 0 Å². The van der Waals surface area contributed by atoms with Crippen molar-refractivity contribution in [2.45, 2.75) is 64.8 Å². The minimum atomic E-state index is -0.196. The highest BCUT2D eigenvalue weighted by molar-refractivity contribution is 5.87. The molecule has 0 N–H and O–H groups in total. The third kappa shape index (κ3) is 5.08. The minimum Gasteiger partial charge on any atom is -0.328 e. The molecule has 1 aliphatic heterocycles. The lowest BCUT2D eigenvalue weighted by Gasteiger charge is -2.28. The van der Waals surface area contributed by atoms with Crippen LogP contribution in [0.4, 0.5) is 4.79 Å². The van der Waals surface area contributed by atoms with Gasteiger partial charge in [-0.25, -0.2) is 4.79 Å². The van der Waals surface area contributed by atoms with Crippen molar-refractivity contribution in [1.82, 2.24) is 9.80 Å². The molecule has 2 unspecified atom stereocenters. The van der Waals surface area contributed by atoms with Gasteiger partial charge in [0.25, 0.3) is 0 Å². The lowest BCUT2D eigenvalue weighted by Crippen LogP contribution is -2.46. The van der Waals surface area contributed by atoms with Gasteiger partial charge in [0.15, 0.2) is 5.78 Å². The Hall–Kier alpha value is -1.32. The van der Waals surface area contributed by atoms with Gasteiger partial charge in [0, 0.05) is 20.1 Å². The second kappa shape index (κ2) is 8.51. The van der Waals surface area contributed by atoms with Gasteiger partial charge in [-0.05, 0) is 57.3 Å². The number of likely N-dealkylation sites (tertiary alicyclic amines) is 1. The fraction of sp³-hybridized carbons (Fsp3) is 0.789. The standard InChI is InChI=1S/C19H32N2O2/c1-4-16-14-17(16)10-7-5-6-8-12-20(3)19(23)21-13-9-11-18(21)15(2)22/h7,10,16-18H,4-6,8-9,11-14H2,1-3H3/b10-7-/t16?,17-,18?/m1/s1. The maximum Gasteiger partial charge on any atom is 0.320 e. The number of Topliss-reactive ketones (excluding diaryl/α,β-unsaturated/α-hetero) is 1. The van der Waals surface area contributed by atoms with Crippen LogP contribution in [0.25, 0.3) is 0 Å². The summed E-state index contributed by atoms with van der Waals surface area (Å²) in [4.78, 5) is 27.6. The summed E-state index contributed by atoms with van der Waals surface area (Å²) < 4.78 is 0. The predicted octanol–water partition coefficient (Wildman–Crippen LogP) is 3.86. The van der Waals surface area contributed by atoms with E-state index in [1.54, 1.807) is 16.7 Å². The van der Waals surface area contributed by atoms with Crippen LogP contribution >= 0.6 is 0 Å². The molecule has 1 saturated heterocycles. The second-order valence-corrected chi connectivity index (χ2v) is 7.16. The Morgan fingerprint density at radius 2 is 2.09 bits per heavy atom. The lowest BCUT2D eigenvalue weighted by molar-refractivity contribution is -0.120. The average Bonchev–Trinajstić information content (AvgIpc) is 3.11. The molecule has 0 aromatic rings. The first-order valence-electron chi connectivity index (χ1n) is 9.23. The molecule has 1 saturated carbocycles. The van der Waals surface area contributed by atoms with Crippen molar-refractivity contribution >= 4 is 11.8 Å². The highest BCUT2D eigenvalue weighted by Crippen LogP contribution is 2.41. The fourth-order valence-electron chi connectivity index (χ4n) is 3.59. The Labute approximate surface area is 140 Å². The number of hydrogen-bond acceptors (Lipinski definition) is 2. The van der Waals surface area contributed by atoms with Crippen molar-refractivity contribution < 1.29 is 9.59 Å². The molecule has 3 atom stereocenters. The van der Waals surface area contributed by atoms with Crippen molar-refractivity contribution in [2.24, 2.45) is 11.8 Å². The highest BCUT2D eigenvalue weighted by atomic mass is 16.2. The summed E-state index contributed by atoms with van der Waals surface area (Å²) in [5.74, 6) is 1.88. The molecule has 0 spiro atoms. The zero-order valence-electron chi connectivity index (χ0n) is 15.0. The van der Waals surface area contributed by atoms with E-state index in [0.29, 0.717) is 0 Å². The first kappa shape index (κ1) is 18.0. The topological polar surface area (TPSA) is 40.6 Å². The van der Waals surface area contributed by atoms with Gasteiger partial charge >= 0.3 is 6.03 Å². The van der Waals surface area contributed by atoms with E-state index in [0.717, 1.165) is 57.0 Å². The molecule has 23 heavy (non-hydrogen) atoms. The molecule has 1 aliphatic carbocycles. The fourth-order valence-corrected chi connectivity index (χ4v) is 3.59. The van der Waals surface area contributed by atoms with Gasteiger partial charge in [0.05, 0.1) is 6.04 Å². The summed E-state index contributed by atoms with van der Waals surface area (Å²) in [5, 5.41) is 0. The van der Waals surface area contributed by atoms with E-state index in [-0.39, 0.29) is 17.9 Å². The highest BCUT2D eigenvalue weighted by Gasteiger charge is 2.33. The van der Waals surface area contributed by atoms with Gasteiger partial charge < -0.3 is 9.80 Å². The van der Waals surface area contributed by atoms with Crippen molar-refractivity contribution in [1.29, 1.82) is 0 Å². The van der Waals surface area contributed by atoms with E-state index >= 15 is 0 Å². The summed E-state index contributed by atoms with van der Waals surface area (Å²) in [7, 11) is 1.85. The van der Waals surface area contributed by atoms with Crippen LogP contribution in [-0.4, -0.2) is 47.8 Å². The molecule has 0 aromatic heterocycles. The van der Waals surface area contributed by atoms with E-state index in [4.69, 9.17) is 0 Å². The third-order valence-electron chi connectivity index (χ3n) is 5.29. The van der Waals surface area contributed by atoms with Crippen molar-refractivity contribution in [3.8, 4) is 0 Å². The Balaban J connectivity index is 1.61. The predicted molar refractivity (Wildman–Crippen MR) is 93.3 cm³/mol. The van der Waals surface area contributed by atoms with Gasteiger partial charge in [-0.3, -0.25) is 4.79 Å². The zero-order chi connectivity index (χ0) is 16.8. The molecule has 0 bridgehead atoms.